The first-order chi connectivity index (χ1) is 9.11. The van der Waals surface area contributed by atoms with E-state index < -0.39 is 0 Å². The Kier molecular flexibility index (Phi) is 7.43. The van der Waals surface area contributed by atoms with Crippen molar-refractivity contribution in [1.29, 1.82) is 0 Å². The SMILES string of the molecule is CN(C)C(=O)CCCNCCC(=O)N1CCOCC1. The van der Waals surface area contributed by atoms with E-state index in [0.717, 1.165) is 13.0 Å². The standard InChI is InChI=1S/C13H25N3O3/c1-15(2)12(17)4-3-6-14-7-5-13(18)16-8-10-19-11-9-16/h14H,3-11H2,1-2H3. The van der Waals surface area contributed by atoms with Crippen molar-refractivity contribution < 1.29 is 14.3 Å². The minimum atomic E-state index is 0.145. The van der Waals surface area contributed by atoms with Crippen LogP contribution in [0.15, 0.2) is 0 Å². The minimum Gasteiger partial charge on any atom is -0.378 e. The van der Waals surface area contributed by atoms with Gasteiger partial charge in [-0.15, -0.1) is 0 Å². The van der Waals surface area contributed by atoms with Crippen molar-refractivity contribution in [3.8, 4) is 0 Å². The maximum atomic E-state index is 11.8. The minimum absolute atomic E-state index is 0.145. The fourth-order valence-corrected chi connectivity index (χ4v) is 1.88. The predicted molar refractivity (Wildman–Crippen MR) is 72.8 cm³/mol. The summed E-state index contributed by atoms with van der Waals surface area (Å²) >= 11 is 0. The topological polar surface area (TPSA) is 61.9 Å². The van der Waals surface area contributed by atoms with Crippen LogP contribution in [0, 0.1) is 0 Å². The number of ether oxygens (including phenoxy) is 1. The van der Waals surface area contributed by atoms with E-state index in [1.807, 2.05) is 4.90 Å². The third kappa shape index (κ3) is 6.54. The zero-order valence-corrected chi connectivity index (χ0v) is 12.0. The molecule has 0 radical (unpaired) electrons. The molecule has 2 amide bonds. The second-order valence-corrected chi connectivity index (χ2v) is 4.88. The Labute approximate surface area is 115 Å². The Bertz CT molecular complexity index is 289. The van der Waals surface area contributed by atoms with Crippen LogP contribution in [-0.4, -0.2) is 75.1 Å². The van der Waals surface area contributed by atoms with Gasteiger partial charge in [-0.1, -0.05) is 0 Å². The summed E-state index contributed by atoms with van der Waals surface area (Å²) in [5, 5.41) is 3.20. The molecule has 0 aromatic rings. The molecule has 0 atom stereocenters. The molecule has 1 rings (SSSR count). The van der Waals surface area contributed by atoms with Gasteiger partial charge in [-0.3, -0.25) is 9.59 Å². The van der Waals surface area contributed by atoms with E-state index >= 15 is 0 Å². The number of nitrogens with zero attached hydrogens (tertiary/aromatic N) is 2. The average molecular weight is 271 g/mol. The number of carbonyl (C=O) groups excluding carboxylic acids is 2. The van der Waals surface area contributed by atoms with E-state index in [-0.39, 0.29) is 11.8 Å². The van der Waals surface area contributed by atoms with Crippen molar-refractivity contribution in [2.24, 2.45) is 0 Å². The lowest BCUT2D eigenvalue weighted by Gasteiger charge is -2.26. The molecule has 1 heterocycles. The van der Waals surface area contributed by atoms with Crippen molar-refractivity contribution in [3.63, 3.8) is 0 Å². The maximum Gasteiger partial charge on any atom is 0.224 e. The summed E-state index contributed by atoms with van der Waals surface area (Å²) in [4.78, 5) is 26.6. The van der Waals surface area contributed by atoms with Crippen LogP contribution in [0.5, 0.6) is 0 Å². The molecule has 0 aromatic carbocycles. The number of hydrogen-bond donors (Lipinski definition) is 1. The normalized spacial score (nSPS) is 15.4. The Hall–Kier alpha value is -1.14. The van der Waals surface area contributed by atoms with E-state index in [4.69, 9.17) is 4.74 Å². The summed E-state index contributed by atoms with van der Waals surface area (Å²) in [6.07, 6.45) is 1.88. The van der Waals surface area contributed by atoms with E-state index in [2.05, 4.69) is 5.32 Å². The first-order valence-electron chi connectivity index (χ1n) is 6.87. The molecule has 6 heteroatoms. The third-order valence-corrected chi connectivity index (χ3v) is 3.12. The quantitative estimate of drug-likeness (QED) is 0.645. The van der Waals surface area contributed by atoms with Crippen molar-refractivity contribution in [2.45, 2.75) is 19.3 Å². The second kappa shape index (κ2) is 8.87. The zero-order valence-electron chi connectivity index (χ0n) is 12.0. The number of nitrogens with one attached hydrogen (secondary N) is 1. The third-order valence-electron chi connectivity index (χ3n) is 3.12. The molecule has 0 unspecified atom stereocenters. The number of carbonyl (C=O) groups is 2. The molecule has 1 aliphatic heterocycles. The molecular weight excluding hydrogens is 246 g/mol. The van der Waals surface area contributed by atoms with E-state index in [0.29, 0.717) is 45.7 Å². The van der Waals surface area contributed by atoms with E-state index in [1.165, 1.54) is 0 Å². The van der Waals surface area contributed by atoms with Crippen molar-refractivity contribution in [1.82, 2.24) is 15.1 Å². The first kappa shape index (κ1) is 15.9. The Morgan fingerprint density at radius 2 is 1.84 bits per heavy atom. The number of hydrogen-bond acceptors (Lipinski definition) is 4. The predicted octanol–water partition coefficient (Wildman–Crippen LogP) is -0.307. The highest BCUT2D eigenvalue weighted by Gasteiger charge is 2.15. The van der Waals surface area contributed by atoms with Gasteiger partial charge in [0.25, 0.3) is 0 Å². The van der Waals surface area contributed by atoms with Gasteiger partial charge in [0.1, 0.15) is 0 Å². The molecule has 1 N–H and O–H groups in total. The molecule has 19 heavy (non-hydrogen) atoms. The highest BCUT2D eigenvalue weighted by atomic mass is 16.5. The van der Waals surface area contributed by atoms with Gasteiger partial charge in [-0.25, -0.2) is 0 Å². The van der Waals surface area contributed by atoms with Gasteiger partial charge in [0.15, 0.2) is 0 Å². The molecule has 0 aromatic heterocycles. The molecule has 0 bridgehead atoms. The lowest BCUT2D eigenvalue weighted by Crippen LogP contribution is -2.41. The van der Waals surface area contributed by atoms with Crippen LogP contribution in [0.4, 0.5) is 0 Å². The van der Waals surface area contributed by atoms with Gasteiger partial charge in [-0.2, -0.15) is 0 Å². The molecule has 0 saturated carbocycles. The van der Waals surface area contributed by atoms with Crippen LogP contribution in [0.3, 0.4) is 0 Å². The molecule has 1 fully saturated rings. The van der Waals surface area contributed by atoms with Gasteiger partial charge in [0, 0.05) is 46.6 Å². The van der Waals surface area contributed by atoms with E-state index in [1.54, 1.807) is 19.0 Å². The highest BCUT2D eigenvalue weighted by Crippen LogP contribution is 1.99. The summed E-state index contributed by atoms with van der Waals surface area (Å²) < 4.78 is 5.20. The van der Waals surface area contributed by atoms with Gasteiger partial charge < -0.3 is 19.9 Å². The van der Waals surface area contributed by atoms with Crippen LogP contribution >= 0.6 is 0 Å². The van der Waals surface area contributed by atoms with Crippen LogP contribution in [0.1, 0.15) is 19.3 Å². The summed E-state index contributed by atoms with van der Waals surface area (Å²) in [5.74, 6) is 0.325. The molecular formula is C13H25N3O3. The maximum absolute atomic E-state index is 11.8. The van der Waals surface area contributed by atoms with Crippen molar-refractivity contribution >= 4 is 11.8 Å². The molecule has 6 nitrogen and oxygen atoms in total. The second-order valence-electron chi connectivity index (χ2n) is 4.88. The Morgan fingerprint density at radius 1 is 1.16 bits per heavy atom. The lowest BCUT2D eigenvalue weighted by molar-refractivity contribution is -0.135. The van der Waals surface area contributed by atoms with E-state index in [9.17, 15) is 9.59 Å². The van der Waals surface area contributed by atoms with Crippen LogP contribution in [0.25, 0.3) is 0 Å². The number of rotatable bonds is 7. The van der Waals surface area contributed by atoms with Gasteiger partial charge in [0.05, 0.1) is 13.2 Å². The van der Waals surface area contributed by atoms with Crippen LogP contribution in [-0.2, 0) is 14.3 Å². The number of morpholine rings is 1. The Morgan fingerprint density at radius 3 is 2.47 bits per heavy atom. The molecule has 0 spiro atoms. The molecule has 0 aliphatic carbocycles. The number of amides is 2. The smallest absolute Gasteiger partial charge is 0.224 e. The van der Waals surface area contributed by atoms with Gasteiger partial charge >= 0.3 is 0 Å². The van der Waals surface area contributed by atoms with Gasteiger partial charge in [-0.05, 0) is 13.0 Å². The van der Waals surface area contributed by atoms with Crippen LogP contribution < -0.4 is 5.32 Å². The van der Waals surface area contributed by atoms with Crippen LogP contribution in [0.2, 0.25) is 0 Å². The zero-order chi connectivity index (χ0) is 14.1. The first-order valence-corrected chi connectivity index (χ1v) is 6.87. The lowest BCUT2D eigenvalue weighted by atomic mass is 10.2. The summed E-state index contributed by atoms with van der Waals surface area (Å²) in [7, 11) is 3.52. The molecule has 1 aliphatic rings. The summed E-state index contributed by atoms with van der Waals surface area (Å²) in [6.45, 7) is 4.15. The summed E-state index contributed by atoms with van der Waals surface area (Å²) in [6, 6.07) is 0. The van der Waals surface area contributed by atoms with Crippen molar-refractivity contribution in [2.75, 3.05) is 53.5 Å². The molecule has 1 saturated heterocycles. The highest BCUT2D eigenvalue weighted by molar-refractivity contribution is 5.76. The average Bonchev–Trinajstić information content (AvgIpc) is 2.42. The van der Waals surface area contributed by atoms with Crippen molar-refractivity contribution in [3.05, 3.63) is 0 Å². The van der Waals surface area contributed by atoms with Gasteiger partial charge in [0.2, 0.25) is 11.8 Å². The summed E-state index contributed by atoms with van der Waals surface area (Å²) in [5.41, 5.74) is 0. The monoisotopic (exact) mass is 271 g/mol. The largest absolute Gasteiger partial charge is 0.378 e. The fraction of sp³-hybridized carbons (Fsp3) is 0.846. The fourth-order valence-electron chi connectivity index (χ4n) is 1.88. The Balaban J connectivity index is 1.98. The molecule has 110 valence electrons.